The molecule has 276 valence electrons. The van der Waals surface area contributed by atoms with Crippen LogP contribution in [-0.2, 0) is 16.2 Å². The first-order chi connectivity index (χ1) is 27.5. The van der Waals surface area contributed by atoms with Crippen LogP contribution in [0.25, 0.3) is 53.2 Å². The summed E-state index contributed by atoms with van der Waals surface area (Å²) in [5, 5.41) is 5.20. The Balaban J connectivity index is 1.31. The van der Waals surface area contributed by atoms with Crippen LogP contribution in [0, 0.1) is 0 Å². The van der Waals surface area contributed by atoms with Gasteiger partial charge in [-0.2, -0.15) is 0 Å². The van der Waals surface area contributed by atoms with E-state index in [0.29, 0.717) is 0 Å². The summed E-state index contributed by atoms with van der Waals surface area (Å²) in [4.78, 5) is 2.63. The second-order valence-corrected chi connectivity index (χ2v) is 19.2. The van der Waals surface area contributed by atoms with Gasteiger partial charge in [0.05, 0.1) is 21.5 Å². The molecule has 0 aliphatic heterocycles. The Morgan fingerprint density at radius 3 is 1.63 bits per heavy atom. The van der Waals surface area contributed by atoms with E-state index in [9.17, 15) is 0 Å². The average Bonchev–Trinajstić information content (AvgIpc) is 3.86. The van der Waals surface area contributed by atoms with E-state index in [-0.39, 0.29) is 10.8 Å². The molecule has 2 aliphatic rings. The fourth-order valence-electron chi connectivity index (χ4n) is 10.0. The van der Waals surface area contributed by atoms with Crippen molar-refractivity contribution >= 4 is 59.3 Å². The lowest BCUT2D eigenvalue weighted by molar-refractivity contribution is 0.569. The van der Waals surface area contributed by atoms with Crippen LogP contribution >= 0.6 is 11.3 Å². The lowest BCUT2D eigenvalue weighted by atomic mass is 9.70. The van der Waals surface area contributed by atoms with Crippen LogP contribution < -0.4 is 4.90 Å². The van der Waals surface area contributed by atoms with Gasteiger partial charge in [-0.1, -0.05) is 175 Å². The topological polar surface area (TPSA) is 3.24 Å². The molecule has 2 aliphatic carbocycles. The summed E-state index contributed by atoms with van der Waals surface area (Å²) in [6.07, 6.45) is 0. The summed E-state index contributed by atoms with van der Waals surface area (Å²) in [7, 11) is 0. The van der Waals surface area contributed by atoms with Gasteiger partial charge in [-0.3, -0.25) is 0 Å². The molecule has 1 aromatic heterocycles. The molecule has 0 fully saturated rings. The van der Waals surface area contributed by atoms with E-state index >= 15 is 0 Å². The monoisotopic (exact) mass is 751 g/mol. The molecule has 8 aromatic carbocycles. The number of hydrogen-bond acceptors (Lipinski definition) is 2. The normalized spacial score (nSPS) is 13.9. The first-order valence-corrected chi connectivity index (χ1v) is 21.1. The van der Waals surface area contributed by atoms with Gasteiger partial charge in [0.2, 0.25) is 0 Å². The molecule has 1 nitrogen and oxygen atoms in total. The molecule has 0 amide bonds. The van der Waals surface area contributed by atoms with E-state index in [1.54, 1.807) is 0 Å². The Labute approximate surface area is 339 Å². The van der Waals surface area contributed by atoms with Crippen LogP contribution in [0.2, 0.25) is 0 Å². The van der Waals surface area contributed by atoms with Crippen molar-refractivity contribution in [1.82, 2.24) is 0 Å². The fraction of sp³-hybridized carbons (Fsp3) is 0.164. The summed E-state index contributed by atoms with van der Waals surface area (Å²) in [5.41, 5.74) is 16.5. The maximum atomic E-state index is 2.63. The van der Waals surface area contributed by atoms with E-state index < -0.39 is 5.41 Å². The molecule has 0 bridgehead atoms. The number of nitrogens with zero attached hydrogens (tertiary/aromatic N) is 1. The van der Waals surface area contributed by atoms with Crippen molar-refractivity contribution in [2.75, 3.05) is 4.90 Å². The first kappa shape index (κ1) is 34.3. The quantitative estimate of drug-likeness (QED) is 0.174. The van der Waals surface area contributed by atoms with Crippen molar-refractivity contribution in [2.24, 2.45) is 0 Å². The predicted octanol–water partition coefficient (Wildman–Crippen LogP) is 15.6. The molecule has 2 heteroatoms. The van der Waals surface area contributed by atoms with E-state index in [1.807, 2.05) is 11.3 Å². The molecule has 0 N–H and O–H groups in total. The Morgan fingerprint density at radius 1 is 0.456 bits per heavy atom. The molecule has 0 radical (unpaired) electrons. The summed E-state index contributed by atoms with van der Waals surface area (Å²) in [6, 6.07) is 62.3. The third-order valence-electron chi connectivity index (χ3n) is 12.7. The number of benzene rings is 8. The van der Waals surface area contributed by atoms with Gasteiger partial charge in [0.1, 0.15) is 0 Å². The van der Waals surface area contributed by atoms with Gasteiger partial charge in [0, 0.05) is 26.7 Å². The highest BCUT2D eigenvalue weighted by Gasteiger charge is 2.52. The molecule has 9 aromatic rings. The molecular weight excluding hydrogens is 707 g/mol. The standard InChI is InChI=1S/C55H45NS/c1-53(2,3)35-31-36(54(4,5)6)33-37(32-35)56(48-30-34-18-7-8-19-38(34)50-42-23-12-16-29-49(42)57-52(48)50)47-28-17-27-46-51(47)41-22-11-15-26-45(41)55(46)43-24-13-9-20-39(43)40-21-10-14-25-44(40)55/h7-33H,1-6H3. The van der Waals surface area contributed by atoms with Crippen molar-refractivity contribution in [3.05, 3.63) is 197 Å². The molecule has 1 spiro atoms. The van der Waals surface area contributed by atoms with Crippen molar-refractivity contribution in [2.45, 2.75) is 57.8 Å². The summed E-state index contributed by atoms with van der Waals surface area (Å²) >= 11 is 1.92. The van der Waals surface area contributed by atoms with E-state index in [2.05, 4.69) is 210 Å². The highest BCUT2D eigenvalue weighted by molar-refractivity contribution is 7.26. The zero-order valence-corrected chi connectivity index (χ0v) is 34.3. The van der Waals surface area contributed by atoms with Crippen LogP contribution in [0.3, 0.4) is 0 Å². The lowest BCUT2D eigenvalue weighted by Gasteiger charge is -2.33. The van der Waals surface area contributed by atoms with Crippen LogP contribution in [-0.4, -0.2) is 0 Å². The van der Waals surface area contributed by atoms with Crippen LogP contribution in [0.1, 0.15) is 74.9 Å². The maximum Gasteiger partial charge on any atom is 0.0726 e. The molecule has 0 saturated heterocycles. The van der Waals surface area contributed by atoms with Gasteiger partial charge in [-0.05, 0) is 102 Å². The van der Waals surface area contributed by atoms with E-state index in [4.69, 9.17) is 0 Å². The molecule has 0 atom stereocenters. The van der Waals surface area contributed by atoms with E-state index in [1.165, 1.54) is 104 Å². The number of thiophene rings is 1. The van der Waals surface area contributed by atoms with Gasteiger partial charge >= 0.3 is 0 Å². The SMILES string of the molecule is CC(C)(C)c1cc(N(c2cccc3c2-c2ccccc2C32c3ccccc3-c3ccccc32)c2cc3ccccc3c3c2sc2ccccc23)cc(C(C)(C)C)c1. The Hall–Kier alpha value is -5.96. The smallest absolute Gasteiger partial charge is 0.0726 e. The summed E-state index contributed by atoms with van der Waals surface area (Å²) < 4.78 is 2.62. The molecule has 11 rings (SSSR count). The van der Waals surface area contributed by atoms with Crippen molar-refractivity contribution in [3.63, 3.8) is 0 Å². The van der Waals surface area contributed by atoms with Gasteiger partial charge in [0.15, 0.2) is 0 Å². The molecule has 0 unspecified atom stereocenters. The third kappa shape index (κ3) is 4.80. The Kier molecular flexibility index (Phi) is 7.24. The first-order valence-electron chi connectivity index (χ1n) is 20.3. The minimum atomic E-state index is -0.430. The van der Waals surface area contributed by atoms with Crippen molar-refractivity contribution < 1.29 is 0 Å². The third-order valence-corrected chi connectivity index (χ3v) is 13.9. The molecule has 0 saturated carbocycles. The lowest BCUT2D eigenvalue weighted by Crippen LogP contribution is -2.26. The zero-order valence-electron chi connectivity index (χ0n) is 33.4. The van der Waals surface area contributed by atoms with Gasteiger partial charge in [-0.25, -0.2) is 0 Å². The highest BCUT2D eigenvalue weighted by Crippen LogP contribution is 2.65. The van der Waals surface area contributed by atoms with Gasteiger partial charge in [-0.15, -0.1) is 11.3 Å². The van der Waals surface area contributed by atoms with Crippen LogP contribution in [0.4, 0.5) is 17.1 Å². The van der Waals surface area contributed by atoms with Crippen molar-refractivity contribution in [3.8, 4) is 22.3 Å². The number of hydrogen-bond donors (Lipinski definition) is 0. The molecule has 57 heavy (non-hydrogen) atoms. The second-order valence-electron chi connectivity index (χ2n) is 18.1. The zero-order chi connectivity index (χ0) is 38.8. The largest absolute Gasteiger partial charge is 0.308 e. The average molecular weight is 752 g/mol. The predicted molar refractivity (Wildman–Crippen MR) is 245 cm³/mol. The highest BCUT2D eigenvalue weighted by atomic mass is 32.1. The van der Waals surface area contributed by atoms with Crippen molar-refractivity contribution in [1.29, 1.82) is 0 Å². The number of anilines is 3. The Morgan fingerprint density at radius 2 is 0.982 bits per heavy atom. The van der Waals surface area contributed by atoms with Gasteiger partial charge < -0.3 is 4.90 Å². The minimum Gasteiger partial charge on any atom is -0.308 e. The maximum absolute atomic E-state index is 2.63. The fourth-order valence-corrected chi connectivity index (χ4v) is 11.3. The Bertz CT molecular complexity index is 3030. The number of fused-ring (bicyclic) bond motifs is 15. The summed E-state index contributed by atoms with van der Waals surface area (Å²) in [5.74, 6) is 0. The van der Waals surface area contributed by atoms with Crippen LogP contribution in [0.15, 0.2) is 164 Å². The molecular formula is C55H45NS. The molecule has 1 heterocycles. The van der Waals surface area contributed by atoms with Crippen LogP contribution in [0.5, 0.6) is 0 Å². The summed E-state index contributed by atoms with van der Waals surface area (Å²) in [6.45, 7) is 14.1. The van der Waals surface area contributed by atoms with Gasteiger partial charge in [0.25, 0.3) is 0 Å². The second kappa shape index (κ2) is 12.0. The minimum absolute atomic E-state index is 0.0510. The number of rotatable bonds is 3. The van der Waals surface area contributed by atoms with E-state index in [0.717, 1.165) is 0 Å².